The van der Waals surface area contributed by atoms with E-state index < -0.39 is 0 Å². The van der Waals surface area contributed by atoms with Gasteiger partial charge in [0.2, 0.25) is 0 Å². The number of hydrogen-bond donors (Lipinski definition) is 3. The Morgan fingerprint density at radius 3 is 2.66 bits per heavy atom. The third-order valence-corrected chi connectivity index (χ3v) is 5.82. The molecule has 7 nitrogen and oxygen atoms in total. The van der Waals surface area contributed by atoms with Crippen LogP contribution in [0.15, 0.2) is 71.7 Å². The number of fused-ring (bicyclic) bond motifs is 1. The number of aromatic nitrogens is 2. The lowest BCUT2D eigenvalue weighted by Gasteiger charge is -2.25. The van der Waals surface area contributed by atoms with Crippen LogP contribution in [-0.4, -0.2) is 27.7 Å². The first kappa shape index (κ1) is 20.1. The molecule has 1 aromatic heterocycles. The van der Waals surface area contributed by atoms with Crippen LogP contribution in [0.5, 0.6) is 17.2 Å². The smallest absolute Gasteiger partial charge is 0.293 e. The topological polar surface area (TPSA) is 102 Å². The Hall–Kier alpha value is -3.84. The monoisotopic (exact) mass is 428 g/mol. The van der Waals surface area contributed by atoms with Gasteiger partial charge in [0.1, 0.15) is 17.2 Å². The Bertz CT molecular complexity index is 1340. The minimum atomic E-state index is -0.314. The summed E-state index contributed by atoms with van der Waals surface area (Å²) in [6.45, 7) is 1.63. The number of benzene rings is 3. The third-order valence-electron chi connectivity index (χ3n) is 5.82. The van der Waals surface area contributed by atoms with Gasteiger partial charge in [-0.1, -0.05) is 30.3 Å². The van der Waals surface area contributed by atoms with Crippen LogP contribution in [0.1, 0.15) is 18.9 Å². The number of phenolic OH excluding ortho intramolecular Hbond substituents is 1. The van der Waals surface area contributed by atoms with Crippen molar-refractivity contribution in [2.75, 3.05) is 18.8 Å². The first-order chi connectivity index (χ1) is 15.6. The minimum absolute atomic E-state index is 0.000486. The van der Waals surface area contributed by atoms with Crippen molar-refractivity contribution in [3.05, 3.63) is 77.2 Å². The van der Waals surface area contributed by atoms with E-state index in [0.29, 0.717) is 29.3 Å². The molecule has 7 heteroatoms. The normalized spacial score (nSPS) is 16.2. The van der Waals surface area contributed by atoms with Crippen LogP contribution < -0.4 is 21.3 Å². The molecule has 0 amide bonds. The first-order valence-electron chi connectivity index (χ1n) is 10.7. The summed E-state index contributed by atoms with van der Waals surface area (Å²) in [5, 5.41) is 16.0. The summed E-state index contributed by atoms with van der Waals surface area (Å²) >= 11 is 0. The van der Waals surface area contributed by atoms with E-state index in [0.717, 1.165) is 30.2 Å². The maximum Gasteiger partial charge on any atom is 0.293 e. The average molecular weight is 428 g/mol. The van der Waals surface area contributed by atoms with Crippen molar-refractivity contribution in [1.29, 1.82) is 0 Å². The van der Waals surface area contributed by atoms with Crippen LogP contribution in [0.2, 0.25) is 0 Å². The maximum atomic E-state index is 12.6. The average Bonchev–Trinajstić information content (AvgIpc) is 2.82. The van der Waals surface area contributed by atoms with Crippen LogP contribution in [0, 0.1) is 0 Å². The van der Waals surface area contributed by atoms with Crippen molar-refractivity contribution in [1.82, 2.24) is 14.9 Å². The van der Waals surface area contributed by atoms with Gasteiger partial charge in [0, 0.05) is 24.3 Å². The molecule has 162 valence electrons. The zero-order chi connectivity index (χ0) is 22.1. The van der Waals surface area contributed by atoms with E-state index in [-0.39, 0.29) is 23.2 Å². The Morgan fingerprint density at radius 1 is 1.06 bits per heavy atom. The van der Waals surface area contributed by atoms with Crippen molar-refractivity contribution in [3.63, 3.8) is 0 Å². The molecule has 0 bridgehead atoms. The fourth-order valence-electron chi connectivity index (χ4n) is 4.15. The lowest BCUT2D eigenvalue weighted by Crippen LogP contribution is -2.37. The lowest BCUT2D eigenvalue weighted by atomic mass is 10.1. The van der Waals surface area contributed by atoms with E-state index >= 15 is 0 Å². The van der Waals surface area contributed by atoms with Gasteiger partial charge in [0.05, 0.1) is 5.69 Å². The summed E-state index contributed by atoms with van der Waals surface area (Å²) in [6, 6.07) is 18.9. The fourth-order valence-corrected chi connectivity index (χ4v) is 4.15. The van der Waals surface area contributed by atoms with E-state index in [1.54, 1.807) is 29.0 Å². The number of rotatable bonds is 4. The number of phenols is 1. The van der Waals surface area contributed by atoms with Gasteiger partial charge in [0.25, 0.3) is 5.56 Å². The number of nitrogens with two attached hydrogens (primary N) is 1. The highest BCUT2D eigenvalue weighted by Crippen LogP contribution is 2.34. The van der Waals surface area contributed by atoms with E-state index in [1.807, 2.05) is 42.5 Å². The molecule has 5 rings (SSSR count). The molecule has 4 aromatic rings. The summed E-state index contributed by atoms with van der Waals surface area (Å²) in [4.78, 5) is 16.9. The maximum absolute atomic E-state index is 12.6. The highest BCUT2D eigenvalue weighted by Gasteiger charge is 2.20. The predicted molar refractivity (Wildman–Crippen MR) is 125 cm³/mol. The van der Waals surface area contributed by atoms with E-state index in [2.05, 4.69) is 10.3 Å². The number of nitrogen functional groups attached to an aromatic ring is 1. The van der Waals surface area contributed by atoms with Gasteiger partial charge >= 0.3 is 0 Å². The second kappa shape index (κ2) is 8.36. The Labute approximate surface area is 185 Å². The molecule has 1 saturated heterocycles. The molecule has 0 spiro atoms. The molecule has 2 heterocycles. The van der Waals surface area contributed by atoms with Gasteiger partial charge in [0.15, 0.2) is 5.82 Å². The summed E-state index contributed by atoms with van der Waals surface area (Å²) in [6.07, 6.45) is 3.53. The SMILES string of the molecule is Nc1nc(-c2cc(Oc3ccc4ccccc4c3)ccc2O)cn(C2CCCNC2)c1=O. The van der Waals surface area contributed by atoms with Crippen LogP contribution in [0.4, 0.5) is 5.82 Å². The first-order valence-corrected chi connectivity index (χ1v) is 10.7. The standard InChI is InChI=1S/C25H24N4O3/c26-24-25(31)29(18-6-3-11-27-14-18)15-22(28-24)21-13-20(9-10-23(21)30)32-19-8-7-16-4-1-2-5-17(16)12-19/h1-2,4-5,7-10,12-13,15,18,27,30H,3,6,11,14H2,(H2,26,28). The predicted octanol–water partition coefficient (Wildman–Crippen LogP) is 4.07. The Morgan fingerprint density at radius 2 is 1.84 bits per heavy atom. The van der Waals surface area contributed by atoms with Crippen LogP contribution in [0.25, 0.3) is 22.0 Å². The highest BCUT2D eigenvalue weighted by molar-refractivity contribution is 5.83. The molecule has 1 atom stereocenters. The molecule has 1 unspecified atom stereocenters. The van der Waals surface area contributed by atoms with Crippen molar-refractivity contribution in [2.45, 2.75) is 18.9 Å². The van der Waals surface area contributed by atoms with Crippen molar-refractivity contribution < 1.29 is 9.84 Å². The zero-order valence-electron chi connectivity index (χ0n) is 17.5. The second-order valence-electron chi connectivity index (χ2n) is 8.01. The summed E-state index contributed by atoms with van der Waals surface area (Å²) in [7, 11) is 0. The van der Waals surface area contributed by atoms with Gasteiger partial charge in [-0.3, -0.25) is 4.79 Å². The summed E-state index contributed by atoms with van der Waals surface area (Å²) in [5.74, 6) is 1.18. The number of piperidine rings is 1. The van der Waals surface area contributed by atoms with Gasteiger partial charge in [-0.2, -0.15) is 0 Å². The van der Waals surface area contributed by atoms with E-state index in [4.69, 9.17) is 10.5 Å². The summed E-state index contributed by atoms with van der Waals surface area (Å²) in [5.41, 5.74) is 6.51. The molecular weight excluding hydrogens is 404 g/mol. The number of nitrogens with zero attached hydrogens (tertiary/aromatic N) is 2. The van der Waals surface area contributed by atoms with Crippen molar-refractivity contribution in [2.24, 2.45) is 0 Å². The van der Waals surface area contributed by atoms with Gasteiger partial charge in [-0.15, -0.1) is 0 Å². The van der Waals surface area contributed by atoms with Crippen LogP contribution in [-0.2, 0) is 0 Å². The highest BCUT2D eigenvalue weighted by atomic mass is 16.5. The largest absolute Gasteiger partial charge is 0.507 e. The number of aromatic hydroxyl groups is 1. The van der Waals surface area contributed by atoms with E-state index in [1.165, 1.54) is 0 Å². The minimum Gasteiger partial charge on any atom is -0.507 e. The molecular formula is C25H24N4O3. The molecule has 0 aliphatic carbocycles. The Balaban J connectivity index is 1.50. The second-order valence-corrected chi connectivity index (χ2v) is 8.01. The van der Waals surface area contributed by atoms with Crippen LogP contribution >= 0.6 is 0 Å². The van der Waals surface area contributed by atoms with Crippen LogP contribution in [0.3, 0.4) is 0 Å². The molecule has 32 heavy (non-hydrogen) atoms. The van der Waals surface area contributed by atoms with Gasteiger partial charge in [-0.25, -0.2) is 4.98 Å². The fraction of sp³-hybridized carbons (Fsp3) is 0.200. The quantitative estimate of drug-likeness (QED) is 0.453. The third kappa shape index (κ3) is 3.90. The van der Waals surface area contributed by atoms with E-state index in [9.17, 15) is 9.90 Å². The zero-order valence-corrected chi connectivity index (χ0v) is 17.5. The van der Waals surface area contributed by atoms with Gasteiger partial charge in [-0.05, 0) is 60.5 Å². The molecule has 0 radical (unpaired) electrons. The number of ether oxygens (including phenoxy) is 1. The van der Waals surface area contributed by atoms with Gasteiger partial charge < -0.3 is 25.5 Å². The molecule has 1 aliphatic rings. The molecule has 1 aliphatic heterocycles. The molecule has 4 N–H and O–H groups in total. The number of anilines is 1. The lowest BCUT2D eigenvalue weighted by molar-refractivity contribution is 0.364. The molecule has 1 fully saturated rings. The Kier molecular flexibility index (Phi) is 5.25. The van der Waals surface area contributed by atoms with Crippen molar-refractivity contribution >= 4 is 16.6 Å². The number of nitrogens with one attached hydrogen (secondary N) is 1. The number of hydrogen-bond acceptors (Lipinski definition) is 6. The molecule has 0 saturated carbocycles. The summed E-state index contributed by atoms with van der Waals surface area (Å²) < 4.78 is 7.68. The van der Waals surface area contributed by atoms with Crippen molar-refractivity contribution in [3.8, 4) is 28.5 Å². The molecule has 3 aromatic carbocycles.